The van der Waals surface area contributed by atoms with E-state index < -0.39 is 10.0 Å². The maximum Gasteiger partial charge on any atom is 0.263 e. The Kier molecular flexibility index (Phi) is 2.97. The van der Waals surface area contributed by atoms with Gasteiger partial charge in [-0.1, -0.05) is 6.07 Å². The van der Waals surface area contributed by atoms with Crippen molar-refractivity contribution in [3.8, 4) is 0 Å². The van der Waals surface area contributed by atoms with Gasteiger partial charge >= 0.3 is 0 Å². The van der Waals surface area contributed by atoms with E-state index in [0.29, 0.717) is 11.4 Å². The third-order valence-electron chi connectivity index (χ3n) is 2.08. The van der Waals surface area contributed by atoms with E-state index in [2.05, 4.69) is 9.71 Å². The third-order valence-corrected chi connectivity index (χ3v) is 3.45. The molecule has 0 aliphatic rings. The highest BCUT2D eigenvalue weighted by Gasteiger charge is 2.13. The summed E-state index contributed by atoms with van der Waals surface area (Å²) in [5.74, 6) is 0. The summed E-state index contributed by atoms with van der Waals surface area (Å²) >= 11 is 0. The Hall–Kier alpha value is -2.08. The Morgan fingerprint density at radius 2 is 2.00 bits per heavy atom. The van der Waals surface area contributed by atoms with Gasteiger partial charge in [0.05, 0.1) is 5.69 Å². The molecule has 0 radical (unpaired) electrons. The van der Waals surface area contributed by atoms with Gasteiger partial charge in [0, 0.05) is 18.1 Å². The first-order valence-corrected chi connectivity index (χ1v) is 6.35. The van der Waals surface area contributed by atoms with Crippen LogP contribution in [0.2, 0.25) is 0 Å². The van der Waals surface area contributed by atoms with Crippen LogP contribution in [0.1, 0.15) is 0 Å². The topological polar surface area (TPSA) is 85.1 Å². The minimum absolute atomic E-state index is 0.113. The van der Waals surface area contributed by atoms with Crippen molar-refractivity contribution < 1.29 is 8.42 Å². The lowest BCUT2D eigenvalue weighted by molar-refractivity contribution is 0.601. The number of hydrogen-bond donors (Lipinski definition) is 2. The fraction of sp³-hybridized carbons (Fsp3) is 0. The normalized spacial score (nSPS) is 11.1. The third kappa shape index (κ3) is 2.73. The van der Waals surface area contributed by atoms with Gasteiger partial charge in [0.15, 0.2) is 0 Å². The van der Waals surface area contributed by atoms with Crippen LogP contribution in [0, 0.1) is 0 Å². The summed E-state index contributed by atoms with van der Waals surface area (Å²) < 4.78 is 26.3. The highest BCUT2D eigenvalue weighted by molar-refractivity contribution is 7.92. The zero-order valence-corrected chi connectivity index (χ0v) is 9.68. The number of nitrogens with zero attached hydrogens (tertiary/aromatic N) is 1. The lowest BCUT2D eigenvalue weighted by Gasteiger charge is -2.07. The van der Waals surface area contributed by atoms with Crippen LogP contribution in [-0.4, -0.2) is 13.4 Å². The van der Waals surface area contributed by atoms with Crippen LogP contribution >= 0.6 is 0 Å². The number of anilines is 2. The summed E-state index contributed by atoms with van der Waals surface area (Å²) in [6, 6.07) is 9.58. The minimum atomic E-state index is -3.60. The van der Waals surface area contributed by atoms with E-state index in [0.717, 1.165) is 0 Å². The first-order chi connectivity index (χ1) is 8.08. The van der Waals surface area contributed by atoms with E-state index in [4.69, 9.17) is 5.73 Å². The summed E-state index contributed by atoms with van der Waals surface area (Å²) in [5, 5.41) is 0. The van der Waals surface area contributed by atoms with Crippen molar-refractivity contribution in [1.82, 2.24) is 4.98 Å². The van der Waals surface area contributed by atoms with Gasteiger partial charge in [-0.05, 0) is 30.3 Å². The molecule has 5 nitrogen and oxygen atoms in total. The van der Waals surface area contributed by atoms with Crippen LogP contribution in [0.25, 0.3) is 0 Å². The predicted molar refractivity (Wildman–Crippen MR) is 65.9 cm³/mol. The van der Waals surface area contributed by atoms with Crippen molar-refractivity contribution in [1.29, 1.82) is 0 Å². The molecular weight excluding hydrogens is 238 g/mol. The minimum Gasteiger partial charge on any atom is -0.399 e. The predicted octanol–water partition coefficient (Wildman–Crippen LogP) is 1.46. The zero-order chi connectivity index (χ0) is 12.3. The molecule has 0 fully saturated rings. The molecule has 17 heavy (non-hydrogen) atoms. The summed E-state index contributed by atoms with van der Waals surface area (Å²) in [4.78, 5) is 3.88. The molecule has 0 saturated heterocycles. The Morgan fingerprint density at radius 1 is 1.18 bits per heavy atom. The average Bonchev–Trinajstić information content (AvgIpc) is 2.29. The fourth-order valence-electron chi connectivity index (χ4n) is 1.32. The zero-order valence-electron chi connectivity index (χ0n) is 8.87. The number of nitrogen functional groups attached to an aromatic ring is 1. The number of pyridine rings is 1. The van der Waals surface area contributed by atoms with Crippen LogP contribution in [0.5, 0.6) is 0 Å². The maximum absolute atomic E-state index is 11.9. The number of hydrogen-bond acceptors (Lipinski definition) is 4. The van der Waals surface area contributed by atoms with Crippen LogP contribution in [0.15, 0.2) is 53.7 Å². The Labute approximate surface area is 99.4 Å². The smallest absolute Gasteiger partial charge is 0.263 e. The molecule has 0 saturated carbocycles. The lowest BCUT2D eigenvalue weighted by atomic mass is 10.3. The van der Waals surface area contributed by atoms with Crippen molar-refractivity contribution in [3.63, 3.8) is 0 Å². The van der Waals surface area contributed by atoms with E-state index >= 15 is 0 Å². The van der Waals surface area contributed by atoms with Gasteiger partial charge in [0.1, 0.15) is 4.90 Å². The molecule has 0 aliphatic heterocycles. The van der Waals surface area contributed by atoms with Crippen molar-refractivity contribution in [2.45, 2.75) is 4.90 Å². The molecule has 1 heterocycles. The van der Waals surface area contributed by atoms with E-state index in [1.54, 1.807) is 30.3 Å². The largest absolute Gasteiger partial charge is 0.399 e. The molecule has 2 rings (SSSR count). The molecule has 0 amide bonds. The second-order valence-electron chi connectivity index (χ2n) is 3.42. The quantitative estimate of drug-likeness (QED) is 0.806. The average molecular weight is 249 g/mol. The SMILES string of the molecule is Nc1cccc(NS(=O)(=O)c2cccnc2)c1. The molecule has 1 aromatic heterocycles. The van der Waals surface area contributed by atoms with Gasteiger partial charge in [-0.15, -0.1) is 0 Å². The number of nitrogens with two attached hydrogens (primary N) is 1. The van der Waals surface area contributed by atoms with Crippen LogP contribution < -0.4 is 10.5 Å². The Balaban J connectivity index is 2.30. The van der Waals surface area contributed by atoms with Gasteiger partial charge in [-0.25, -0.2) is 8.42 Å². The number of sulfonamides is 1. The molecule has 88 valence electrons. The molecule has 0 aliphatic carbocycles. The molecule has 3 N–H and O–H groups in total. The second-order valence-corrected chi connectivity index (χ2v) is 5.10. The molecule has 0 atom stereocenters. The van der Waals surface area contributed by atoms with Crippen molar-refractivity contribution >= 4 is 21.4 Å². The summed E-state index contributed by atoms with van der Waals surface area (Å²) in [5.41, 5.74) is 6.49. The van der Waals surface area contributed by atoms with Gasteiger partial charge in [0.25, 0.3) is 10.0 Å². The van der Waals surface area contributed by atoms with Gasteiger partial charge in [-0.2, -0.15) is 0 Å². The van der Waals surface area contributed by atoms with Crippen molar-refractivity contribution in [2.24, 2.45) is 0 Å². The van der Waals surface area contributed by atoms with Gasteiger partial charge in [0.2, 0.25) is 0 Å². The van der Waals surface area contributed by atoms with Crippen LogP contribution in [0.4, 0.5) is 11.4 Å². The summed E-state index contributed by atoms with van der Waals surface area (Å²) in [6.45, 7) is 0. The second kappa shape index (κ2) is 4.42. The van der Waals surface area contributed by atoms with Gasteiger partial charge < -0.3 is 5.73 Å². The van der Waals surface area contributed by atoms with Crippen LogP contribution in [-0.2, 0) is 10.0 Å². The van der Waals surface area contributed by atoms with E-state index in [9.17, 15) is 8.42 Å². The van der Waals surface area contributed by atoms with E-state index in [1.165, 1.54) is 18.5 Å². The molecule has 1 aromatic carbocycles. The first kappa shape index (κ1) is 11.4. The molecule has 6 heteroatoms. The van der Waals surface area contributed by atoms with E-state index in [1.807, 2.05) is 0 Å². The van der Waals surface area contributed by atoms with Crippen LogP contribution in [0.3, 0.4) is 0 Å². The fourth-order valence-corrected chi connectivity index (χ4v) is 2.33. The van der Waals surface area contributed by atoms with Gasteiger partial charge in [-0.3, -0.25) is 9.71 Å². The number of benzene rings is 1. The van der Waals surface area contributed by atoms with E-state index in [-0.39, 0.29) is 4.90 Å². The summed E-state index contributed by atoms with van der Waals surface area (Å²) in [6.07, 6.45) is 2.80. The lowest BCUT2D eigenvalue weighted by Crippen LogP contribution is -2.13. The summed E-state index contributed by atoms with van der Waals surface area (Å²) in [7, 11) is -3.60. The number of nitrogens with one attached hydrogen (secondary N) is 1. The Morgan fingerprint density at radius 3 is 2.65 bits per heavy atom. The molecule has 0 spiro atoms. The molecule has 2 aromatic rings. The highest BCUT2D eigenvalue weighted by Crippen LogP contribution is 2.17. The monoisotopic (exact) mass is 249 g/mol. The van der Waals surface area contributed by atoms with Crippen molar-refractivity contribution in [2.75, 3.05) is 10.5 Å². The maximum atomic E-state index is 11.9. The standard InChI is InChI=1S/C11H11N3O2S/c12-9-3-1-4-10(7-9)14-17(15,16)11-5-2-6-13-8-11/h1-8,14H,12H2. The number of rotatable bonds is 3. The van der Waals surface area contributed by atoms with Crippen molar-refractivity contribution in [3.05, 3.63) is 48.8 Å². The molecular formula is C11H11N3O2S. The molecule has 0 bridgehead atoms. The highest BCUT2D eigenvalue weighted by atomic mass is 32.2. The Bertz CT molecular complexity index is 612. The number of aromatic nitrogens is 1. The first-order valence-electron chi connectivity index (χ1n) is 4.86. The molecule has 0 unspecified atom stereocenters.